The lowest BCUT2D eigenvalue weighted by Crippen LogP contribution is -2.60. The standard InChI is InChI=1S/C30H46N4O6/c1-30(2,3)40-29(39)32-23(19-11-5-4-6-12-19)27(37)34-17-20-16-21(20)24(34)26(36)31-22(15-18-9-7-10-18)25(35)28(38)33-13-8-14-33/h18-24H,4-17H2,1-3H3,(H,31,36)(H,32,39)/t20-,21-,22?,23-,24-/m0/s1. The Kier molecular flexibility index (Phi) is 8.43. The molecule has 5 fully saturated rings. The molecule has 2 N–H and O–H groups in total. The van der Waals surface area contributed by atoms with E-state index in [1.165, 1.54) is 0 Å². The molecule has 2 heterocycles. The minimum atomic E-state index is -0.866. The molecule has 5 rings (SSSR count). The molecule has 0 aromatic carbocycles. The number of nitrogens with one attached hydrogen (secondary N) is 2. The van der Waals surface area contributed by atoms with Gasteiger partial charge in [0.1, 0.15) is 17.7 Å². The van der Waals surface area contributed by atoms with E-state index in [2.05, 4.69) is 10.6 Å². The second-order valence-electron chi connectivity index (χ2n) is 13.7. The summed E-state index contributed by atoms with van der Waals surface area (Å²) in [6.45, 7) is 6.98. The molecule has 4 amide bonds. The number of nitrogens with zero attached hydrogens (tertiary/aromatic N) is 2. The van der Waals surface area contributed by atoms with E-state index >= 15 is 0 Å². The van der Waals surface area contributed by atoms with E-state index in [0.717, 1.165) is 64.2 Å². The number of carbonyl (C=O) groups excluding carboxylic acids is 5. The molecule has 0 radical (unpaired) electrons. The zero-order chi connectivity index (χ0) is 28.6. The fraction of sp³-hybridized carbons (Fsp3) is 0.833. The number of hydrogen-bond donors (Lipinski definition) is 2. The van der Waals surface area contributed by atoms with Crippen LogP contribution in [0.25, 0.3) is 0 Å². The Balaban J connectivity index is 1.31. The summed E-state index contributed by atoms with van der Waals surface area (Å²) in [4.78, 5) is 69.8. The van der Waals surface area contributed by atoms with Gasteiger partial charge in [-0.15, -0.1) is 0 Å². The van der Waals surface area contributed by atoms with E-state index in [-0.39, 0.29) is 29.6 Å². The number of Topliss-reactive ketones (excluding diaryl/α,β-unsaturated/α-hetero) is 1. The molecule has 0 bridgehead atoms. The summed E-state index contributed by atoms with van der Waals surface area (Å²) in [5, 5.41) is 5.79. The zero-order valence-corrected chi connectivity index (χ0v) is 24.3. The molecular formula is C30H46N4O6. The van der Waals surface area contributed by atoms with Gasteiger partial charge in [0.05, 0.1) is 6.04 Å². The van der Waals surface area contributed by atoms with Crippen molar-refractivity contribution in [1.29, 1.82) is 0 Å². The number of piperidine rings is 1. The summed E-state index contributed by atoms with van der Waals surface area (Å²) in [5.74, 6) is -1.07. The third-order valence-electron chi connectivity index (χ3n) is 9.54. The number of alkyl carbamates (subject to hydrolysis) is 1. The van der Waals surface area contributed by atoms with Crippen LogP contribution < -0.4 is 10.6 Å². The van der Waals surface area contributed by atoms with E-state index in [4.69, 9.17) is 4.74 Å². The fourth-order valence-electron chi connectivity index (χ4n) is 6.86. The van der Waals surface area contributed by atoms with Crippen LogP contribution in [0.4, 0.5) is 4.79 Å². The van der Waals surface area contributed by atoms with Crippen molar-refractivity contribution in [1.82, 2.24) is 20.4 Å². The Morgan fingerprint density at radius 3 is 2.17 bits per heavy atom. The van der Waals surface area contributed by atoms with Crippen molar-refractivity contribution in [2.75, 3.05) is 19.6 Å². The smallest absolute Gasteiger partial charge is 0.408 e. The lowest BCUT2D eigenvalue weighted by atomic mass is 9.80. The predicted octanol–water partition coefficient (Wildman–Crippen LogP) is 2.78. The highest BCUT2D eigenvalue weighted by molar-refractivity contribution is 6.38. The van der Waals surface area contributed by atoms with Crippen LogP contribution in [0.1, 0.15) is 91.4 Å². The molecule has 0 aromatic rings. The first-order valence-corrected chi connectivity index (χ1v) is 15.5. The third kappa shape index (κ3) is 6.46. The van der Waals surface area contributed by atoms with Gasteiger partial charge in [-0.3, -0.25) is 19.2 Å². The monoisotopic (exact) mass is 558 g/mol. The topological polar surface area (TPSA) is 125 Å². The molecule has 5 aliphatic rings. The first-order valence-electron chi connectivity index (χ1n) is 15.5. The van der Waals surface area contributed by atoms with E-state index in [0.29, 0.717) is 32.0 Å². The summed E-state index contributed by atoms with van der Waals surface area (Å²) in [6, 6.07) is -2.32. The van der Waals surface area contributed by atoms with Gasteiger partial charge in [-0.2, -0.15) is 0 Å². The Morgan fingerprint density at radius 2 is 1.60 bits per heavy atom. The Bertz CT molecular complexity index is 1010. The van der Waals surface area contributed by atoms with E-state index in [1.54, 1.807) is 30.6 Å². The second-order valence-corrected chi connectivity index (χ2v) is 13.7. The molecule has 3 saturated carbocycles. The van der Waals surface area contributed by atoms with Gasteiger partial charge in [0.25, 0.3) is 5.91 Å². The molecule has 2 aliphatic heterocycles. The van der Waals surface area contributed by atoms with Crippen LogP contribution >= 0.6 is 0 Å². The minimum Gasteiger partial charge on any atom is -0.444 e. The molecule has 0 spiro atoms. The van der Waals surface area contributed by atoms with Crippen molar-refractivity contribution < 1.29 is 28.7 Å². The summed E-state index contributed by atoms with van der Waals surface area (Å²) in [6.07, 6.45) is 9.44. The SMILES string of the molecule is CC(C)(C)OC(=O)N[C@H](C(=O)N1C[C@@H]2C[C@@H]2[C@H]1C(=O)NC(CC1CCC1)C(=O)C(=O)N1CCC1)C1CCCCC1. The lowest BCUT2D eigenvalue weighted by molar-refractivity contribution is -0.149. The molecule has 40 heavy (non-hydrogen) atoms. The Hall–Kier alpha value is -2.65. The minimum absolute atomic E-state index is 0.0171. The average molecular weight is 559 g/mol. The summed E-state index contributed by atoms with van der Waals surface area (Å²) in [5.41, 5.74) is -0.697. The van der Waals surface area contributed by atoms with Gasteiger partial charge < -0.3 is 25.2 Å². The molecule has 10 heteroatoms. The number of carbonyl (C=O) groups is 5. The van der Waals surface area contributed by atoms with Gasteiger partial charge in [0.2, 0.25) is 17.6 Å². The highest BCUT2D eigenvalue weighted by Crippen LogP contribution is 2.50. The van der Waals surface area contributed by atoms with Crippen molar-refractivity contribution in [3.63, 3.8) is 0 Å². The number of hydrogen-bond acceptors (Lipinski definition) is 6. The van der Waals surface area contributed by atoms with Gasteiger partial charge in [-0.1, -0.05) is 38.5 Å². The van der Waals surface area contributed by atoms with Gasteiger partial charge in [0.15, 0.2) is 0 Å². The van der Waals surface area contributed by atoms with Crippen molar-refractivity contribution in [2.24, 2.45) is 23.7 Å². The summed E-state index contributed by atoms with van der Waals surface area (Å²) in [7, 11) is 0. The van der Waals surface area contributed by atoms with Crippen LogP contribution in [0.5, 0.6) is 0 Å². The molecular weight excluding hydrogens is 512 g/mol. The van der Waals surface area contributed by atoms with E-state index in [9.17, 15) is 24.0 Å². The van der Waals surface area contributed by atoms with E-state index < -0.39 is 41.5 Å². The van der Waals surface area contributed by atoms with Gasteiger partial charge in [-0.05, 0) is 76.5 Å². The van der Waals surface area contributed by atoms with Gasteiger partial charge in [-0.25, -0.2) is 4.79 Å². The summed E-state index contributed by atoms with van der Waals surface area (Å²) < 4.78 is 5.49. The van der Waals surface area contributed by atoms with Crippen molar-refractivity contribution in [3.8, 4) is 0 Å². The number of rotatable bonds is 9. The maximum atomic E-state index is 14.1. The number of ketones is 1. The van der Waals surface area contributed by atoms with Gasteiger partial charge >= 0.3 is 6.09 Å². The molecule has 3 aliphatic carbocycles. The van der Waals surface area contributed by atoms with Crippen molar-refractivity contribution >= 4 is 29.6 Å². The number of fused-ring (bicyclic) bond motifs is 1. The predicted molar refractivity (Wildman–Crippen MR) is 147 cm³/mol. The average Bonchev–Trinajstić information content (AvgIpc) is 3.50. The third-order valence-corrected chi connectivity index (χ3v) is 9.54. The van der Waals surface area contributed by atoms with Crippen LogP contribution in [-0.2, 0) is 23.9 Å². The quantitative estimate of drug-likeness (QED) is 0.419. The normalized spacial score (nSPS) is 27.9. The van der Waals surface area contributed by atoms with Gasteiger partial charge in [0, 0.05) is 19.6 Å². The maximum Gasteiger partial charge on any atom is 0.408 e. The van der Waals surface area contributed by atoms with Crippen LogP contribution in [0, 0.1) is 23.7 Å². The maximum absolute atomic E-state index is 14.1. The molecule has 5 atom stereocenters. The largest absolute Gasteiger partial charge is 0.444 e. The Morgan fingerprint density at radius 1 is 0.900 bits per heavy atom. The molecule has 2 saturated heterocycles. The van der Waals surface area contributed by atoms with Crippen LogP contribution in [0.3, 0.4) is 0 Å². The highest BCUT2D eigenvalue weighted by Gasteiger charge is 2.58. The van der Waals surface area contributed by atoms with E-state index in [1.807, 2.05) is 0 Å². The zero-order valence-electron chi connectivity index (χ0n) is 24.3. The molecule has 1 unspecified atom stereocenters. The number of likely N-dealkylation sites (tertiary alicyclic amines) is 2. The van der Waals surface area contributed by atoms with Crippen LogP contribution in [0.2, 0.25) is 0 Å². The Labute approximate surface area is 237 Å². The van der Waals surface area contributed by atoms with Crippen molar-refractivity contribution in [3.05, 3.63) is 0 Å². The highest BCUT2D eigenvalue weighted by atomic mass is 16.6. The van der Waals surface area contributed by atoms with Crippen LogP contribution in [-0.4, -0.2) is 82.8 Å². The number of amides is 4. The van der Waals surface area contributed by atoms with Crippen LogP contribution in [0.15, 0.2) is 0 Å². The lowest BCUT2D eigenvalue weighted by Gasteiger charge is -2.37. The fourth-order valence-corrected chi connectivity index (χ4v) is 6.86. The first-order chi connectivity index (χ1) is 19.0. The number of ether oxygens (including phenoxy) is 1. The summed E-state index contributed by atoms with van der Waals surface area (Å²) >= 11 is 0. The second kappa shape index (κ2) is 11.7. The molecule has 10 nitrogen and oxygen atoms in total. The first kappa shape index (κ1) is 28.9. The molecule has 0 aromatic heterocycles. The van der Waals surface area contributed by atoms with Crippen molar-refractivity contribution in [2.45, 2.75) is 115 Å². The molecule has 222 valence electrons.